The van der Waals surface area contributed by atoms with E-state index in [1.807, 2.05) is 0 Å². The molecule has 0 bridgehead atoms. The highest BCUT2D eigenvalue weighted by atomic mass is 35.5. The molecule has 24 heavy (non-hydrogen) atoms. The number of carbonyl (C=O) groups is 1. The van der Waals surface area contributed by atoms with Crippen molar-refractivity contribution in [2.75, 3.05) is 5.32 Å². The summed E-state index contributed by atoms with van der Waals surface area (Å²) in [7, 11) is 0. The molecule has 0 aliphatic carbocycles. The van der Waals surface area contributed by atoms with Gasteiger partial charge in [0, 0.05) is 15.7 Å². The zero-order valence-corrected chi connectivity index (χ0v) is 14.0. The number of nitrogens with one attached hydrogen (secondary N) is 1. The lowest BCUT2D eigenvalue weighted by Gasteiger charge is -2.14. The SMILES string of the molecule is CC(C(=O)Nc1cc(Cl)cc(Cl)c1)n1nnc2ccccc2c1=O. The molecule has 2 aromatic carbocycles. The second-order valence-electron chi connectivity index (χ2n) is 5.18. The van der Waals surface area contributed by atoms with Gasteiger partial charge in [0.2, 0.25) is 5.91 Å². The number of nitrogens with zero attached hydrogens (tertiary/aromatic N) is 3. The summed E-state index contributed by atoms with van der Waals surface area (Å²) in [5.41, 5.74) is 0.534. The number of fused-ring (bicyclic) bond motifs is 1. The first-order chi connectivity index (χ1) is 11.5. The van der Waals surface area contributed by atoms with Crippen LogP contribution in [0.3, 0.4) is 0 Å². The number of hydrogen-bond acceptors (Lipinski definition) is 4. The Morgan fingerprint density at radius 2 is 1.83 bits per heavy atom. The number of hydrogen-bond donors (Lipinski definition) is 1. The maximum absolute atomic E-state index is 12.5. The zero-order chi connectivity index (χ0) is 17.3. The van der Waals surface area contributed by atoms with Gasteiger partial charge >= 0.3 is 0 Å². The summed E-state index contributed by atoms with van der Waals surface area (Å²) < 4.78 is 1.05. The fraction of sp³-hybridized carbons (Fsp3) is 0.125. The topological polar surface area (TPSA) is 76.9 Å². The molecule has 1 aromatic heterocycles. The summed E-state index contributed by atoms with van der Waals surface area (Å²) in [6, 6.07) is 10.7. The fourth-order valence-corrected chi connectivity index (χ4v) is 2.77. The van der Waals surface area contributed by atoms with E-state index in [9.17, 15) is 9.59 Å². The van der Waals surface area contributed by atoms with Crippen molar-refractivity contribution in [1.82, 2.24) is 15.0 Å². The van der Waals surface area contributed by atoms with Crippen LogP contribution in [0.4, 0.5) is 5.69 Å². The van der Waals surface area contributed by atoms with Crippen molar-refractivity contribution in [3.63, 3.8) is 0 Å². The van der Waals surface area contributed by atoms with E-state index < -0.39 is 11.9 Å². The molecule has 1 amide bonds. The van der Waals surface area contributed by atoms with Crippen molar-refractivity contribution in [1.29, 1.82) is 0 Å². The molecule has 122 valence electrons. The van der Waals surface area contributed by atoms with Gasteiger partial charge in [-0.25, -0.2) is 0 Å². The molecule has 0 radical (unpaired) electrons. The van der Waals surface area contributed by atoms with Crippen LogP contribution in [0.1, 0.15) is 13.0 Å². The molecule has 1 heterocycles. The third-order valence-electron chi connectivity index (χ3n) is 3.47. The maximum atomic E-state index is 12.5. The normalized spacial score (nSPS) is 12.1. The molecule has 3 aromatic rings. The number of carbonyl (C=O) groups excluding carboxylic acids is 1. The van der Waals surface area contributed by atoms with Crippen LogP contribution in [0.5, 0.6) is 0 Å². The number of aromatic nitrogens is 3. The van der Waals surface area contributed by atoms with Crippen LogP contribution in [-0.2, 0) is 4.79 Å². The van der Waals surface area contributed by atoms with Crippen LogP contribution in [0, 0.1) is 0 Å². The summed E-state index contributed by atoms with van der Waals surface area (Å²) in [6.45, 7) is 1.56. The zero-order valence-electron chi connectivity index (χ0n) is 12.5. The summed E-state index contributed by atoms with van der Waals surface area (Å²) in [4.78, 5) is 24.9. The Bertz CT molecular complexity index is 967. The van der Waals surface area contributed by atoms with Gasteiger partial charge in [0.15, 0.2) is 0 Å². The Balaban J connectivity index is 1.91. The average molecular weight is 363 g/mol. The lowest BCUT2D eigenvalue weighted by molar-refractivity contribution is -0.119. The van der Waals surface area contributed by atoms with Crippen molar-refractivity contribution < 1.29 is 4.79 Å². The van der Waals surface area contributed by atoms with E-state index in [2.05, 4.69) is 15.6 Å². The van der Waals surface area contributed by atoms with Crippen LogP contribution >= 0.6 is 23.2 Å². The van der Waals surface area contributed by atoms with Crippen molar-refractivity contribution in [2.45, 2.75) is 13.0 Å². The highest BCUT2D eigenvalue weighted by Crippen LogP contribution is 2.23. The van der Waals surface area contributed by atoms with Crippen molar-refractivity contribution in [2.24, 2.45) is 0 Å². The van der Waals surface area contributed by atoms with Crippen molar-refractivity contribution >= 4 is 45.7 Å². The van der Waals surface area contributed by atoms with Gasteiger partial charge in [-0.2, -0.15) is 4.68 Å². The van der Waals surface area contributed by atoms with Crippen LogP contribution in [0.15, 0.2) is 47.3 Å². The molecule has 1 atom stereocenters. The van der Waals surface area contributed by atoms with Crippen LogP contribution in [0.2, 0.25) is 10.0 Å². The molecule has 0 spiro atoms. The van der Waals surface area contributed by atoms with Gasteiger partial charge in [-0.1, -0.05) is 40.5 Å². The predicted molar refractivity (Wildman–Crippen MR) is 93.6 cm³/mol. The first-order valence-corrected chi connectivity index (χ1v) is 7.82. The van der Waals surface area contributed by atoms with Gasteiger partial charge in [0.05, 0.1) is 5.39 Å². The largest absolute Gasteiger partial charge is 0.324 e. The Labute approximate surface area is 147 Å². The molecule has 1 unspecified atom stereocenters. The van der Waals surface area contributed by atoms with Gasteiger partial charge in [-0.15, -0.1) is 5.10 Å². The van der Waals surface area contributed by atoms with Crippen molar-refractivity contribution in [3.05, 3.63) is 62.9 Å². The molecule has 8 heteroatoms. The van der Waals surface area contributed by atoms with E-state index in [1.54, 1.807) is 49.4 Å². The van der Waals surface area contributed by atoms with Gasteiger partial charge in [0.1, 0.15) is 11.6 Å². The summed E-state index contributed by atoms with van der Waals surface area (Å²) in [5.74, 6) is -0.431. The van der Waals surface area contributed by atoms with Crippen molar-refractivity contribution in [3.8, 4) is 0 Å². The number of benzene rings is 2. The van der Waals surface area contributed by atoms with E-state index in [0.29, 0.717) is 26.6 Å². The molecule has 3 rings (SSSR count). The lowest BCUT2D eigenvalue weighted by Crippen LogP contribution is -2.34. The standard InChI is InChI=1S/C16H12Cl2N4O2/c1-9(15(23)19-12-7-10(17)6-11(18)8-12)22-16(24)13-4-2-3-5-14(13)20-21-22/h2-9H,1H3,(H,19,23). The minimum Gasteiger partial charge on any atom is -0.324 e. The molecule has 1 N–H and O–H groups in total. The van der Waals surface area contributed by atoms with E-state index >= 15 is 0 Å². The maximum Gasteiger partial charge on any atom is 0.278 e. The Morgan fingerprint density at radius 1 is 1.17 bits per heavy atom. The van der Waals surface area contributed by atoms with E-state index in [1.165, 1.54) is 0 Å². The molecule has 0 saturated heterocycles. The lowest BCUT2D eigenvalue weighted by atomic mass is 10.2. The predicted octanol–water partition coefficient (Wildman–Crippen LogP) is 3.30. The van der Waals surface area contributed by atoms with Gasteiger partial charge in [0.25, 0.3) is 5.56 Å². The van der Waals surface area contributed by atoms with Crippen LogP contribution in [-0.4, -0.2) is 20.9 Å². The molecule has 0 aliphatic rings. The number of rotatable bonds is 3. The summed E-state index contributed by atoms with van der Waals surface area (Å²) in [6.07, 6.45) is 0. The average Bonchev–Trinajstić information content (AvgIpc) is 2.54. The number of halogens is 2. The molecule has 0 fully saturated rings. The molecular formula is C16H12Cl2N4O2. The number of amides is 1. The second-order valence-corrected chi connectivity index (χ2v) is 6.05. The minimum absolute atomic E-state index is 0.382. The van der Waals surface area contributed by atoms with Gasteiger partial charge in [-0.3, -0.25) is 9.59 Å². The Morgan fingerprint density at radius 3 is 2.54 bits per heavy atom. The monoisotopic (exact) mass is 362 g/mol. The summed E-state index contributed by atoms with van der Waals surface area (Å²) >= 11 is 11.8. The third-order valence-corrected chi connectivity index (χ3v) is 3.90. The first kappa shape index (κ1) is 16.4. The highest BCUT2D eigenvalue weighted by molar-refractivity contribution is 6.35. The minimum atomic E-state index is -0.854. The quantitative estimate of drug-likeness (QED) is 0.775. The van der Waals surface area contributed by atoms with Crippen LogP contribution < -0.4 is 10.9 Å². The molecular weight excluding hydrogens is 351 g/mol. The van der Waals surface area contributed by atoms with Crippen LogP contribution in [0.25, 0.3) is 10.9 Å². The Hall–Kier alpha value is -2.44. The number of anilines is 1. The second kappa shape index (κ2) is 6.59. The van der Waals surface area contributed by atoms with Gasteiger partial charge in [-0.05, 0) is 37.3 Å². The molecule has 6 nitrogen and oxygen atoms in total. The van der Waals surface area contributed by atoms with Gasteiger partial charge < -0.3 is 5.32 Å². The fourth-order valence-electron chi connectivity index (χ4n) is 2.24. The first-order valence-electron chi connectivity index (χ1n) is 7.07. The van der Waals surface area contributed by atoms with E-state index in [-0.39, 0.29) is 5.56 Å². The van der Waals surface area contributed by atoms with E-state index in [4.69, 9.17) is 23.2 Å². The summed E-state index contributed by atoms with van der Waals surface area (Å²) in [5, 5.41) is 11.7. The highest BCUT2D eigenvalue weighted by Gasteiger charge is 2.19. The molecule has 0 aliphatic heterocycles. The van der Waals surface area contributed by atoms with E-state index in [0.717, 1.165) is 4.68 Å². The Kier molecular flexibility index (Phi) is 4.51. The smallest absolute Gasteiger partial charge is 0.278 e. The third kappa shape index (κ3) is 3.25. The molecule has 0 saturated carbocycles.